The number of methoxy groups -OCH3 is 1. The first-order valence-corrected chi connectivity index (χ1v) is 8.30. The molecule has 0 saturated heterocycles. The predicted octanol–water partition coefficient (Wildman–Crippen LogP) is 3.09. The summed E-state index contributed by atoms with van der Waals surface area (Å²) in [5.74, 6) is -0.534. The average molecular weight is 338 g/mol. The van der Waals surface area contributed by atoms with E-state index >= 15 is 0 Å². The third-order valence-corrected chi connectivity index (χ3v) is 4.60. The van der Waals surface area contributed by atoms with Gasteiger partial charge in [-0.1, -0.05) is 38.1 Å². The number of ether oxygens (including phenoxy) is 1. The molecule has 5 nitrogen and oxygen atoms in total. The Morgan fingerprint density at radius 2 is 1.76 bits per heavy atom. The van der Waals surface area contributed by atoms with E-state index in [1.54, 1.807) is 4.90 Å². The highest BCUT2D eigenvalue weighted by atomic mass is 16.5. The molecule has 1 aliphatic rings. The summed E-state index contributed by atoms with van der Waals surface area (Å²) in [6.45, 7) is 4.25. The molecule has 2 aromatic rings. The van der Waals surface area contributed by atoms with Crippen molar-refractivity contribution in [3.63, 3.8) is 0 Å². The van der Waals surface area contributed by atoms with E-state index in [2.05, 4.69) is 0 Å². The van der Waals surface area contributed by atoms with E-state index in [4.69, 9.17) is 10.5 Å². The number of rotatable bonds is 4. The molecule has 1 amide bonds. The number of hydrogen-bond acceptors (Lipinski definition) is 4. The molecule has 0 spiro atoms. The molecule has 2 aromatic carbocycles. The van der Waals surface area contributed by atoms with Crippen molar-refractivity contribution < 1.29 is 14.3 Å². The Labute approximate surface area is 147 Å². The highest BCUT2D eigenvalue weighted by molar-refractivity contribution is 6.01. The number of amides is 1. The van der Waals surface area contributed by atoms with Crippen LogP contribution in [0, 0.1) is 5.92 Å². The topological polar surface area (TPSA) is 72.6 Å². The Hall–Kier alpha value is -2.82. The van der Waals surface area contributed by atoms with Crippen LogP contribution in [-0.4, -0.2) is 29.9 Å². The standard InChI is InChI=1S/C20H22N2O3/c1-12(2)18(20(24)25-3)22-11-15-5-4-14(10-17(15)19(22)23)13-6-8-16(21)9-7-13/h4-10,12,18H,11,21H2,1-3H3/t18-/m0/s1. The normalized spacial score (nSPS) is 14.6. The highest BCUT2D eigenvalue weighted by Crippen LogP contribution is 2.31. The second kappa shape index (κ2) is 6.59. The van der Waals surface area contributed by atoms with Gasteiger partial charge in [0.15, 0.2) is 0 Å². The summed E-state index contributed by atoms with van der Waals surface area (Å²) in [4.78, 5) is 26.6. The lowest BCUT2D eigenvalue weighted by atomic mass is 10.0. The summed E-state index contributed by atoms with van der Waals surface area (Å²) >= 11 is 0. The maximum Gasteiger partial charge on any atom is 0.328 e. The number of nitrogen functional groups attached to an aromatic ring is 1. The number of anilines is 1. The number of carbonyl (C=O) groups excluding carboxylic acids is 2. The summed E-state index contributed by atoms with van der Waals surface area (Å²) in [7, 11) is 1.35. The first-order chi connectivity index (χ1) is 11.9. The summed E-state index contributed by atoms with van der Waals surface area (Å²) in [5.41, 5.74) is 9.95. The molecular formula is C20H22N2O3. The molecule has 5 heteroatoms. The van der Waals surface area contributed by atoms with Gasteiger partial charge in [-0.3, -0.25) is 4.79 Å². The van der Waals surface area contributed by atoms with Gasteiger partial charge in [0.1, 0.15) is 6.04 Å². The van der Waals surface area contributed by atoms with Crippen LogP contribution < -0.4 is 5.73 Å². The Balaban J connectivity index is 1.94. The van der Waals surface area contributed by atoms with Gasteiger partial charge in [-0.25, -0.2) is 4.79 Å². The fourth-order valence-electron chi connectivity index (χ4n) is 3.28. The summed E-state index contributed by atoms with van der Waals surface area (Å²) < 4.78 is 4.89. The maximum atomic E-state index is 12.9. The van der Waals surface area contributed by atoms with Crippen LogP contribution in [0.4, 0.5) is 5.69 Å². The van der Waals surface area contributed by atoms with Crippen LogP contribution in [0.15, 0.2) is 42.5 Å². The summed E-state index contributed by atoms with van der Waals surface area (Å²) in [6, 6.07) is 12.8. The molecule has 0 unspecified atom stereocenters. The number of esters is 1. The van der Waals surface area contributed by atoms with Crippen molar-refractivity contribution in [2.24, 2.45) is 5.92 Å². The van der Waals surface area contributed by atoms with E-state index in [1.807, 2.05) is 56.3 Å². The molecule has 0 aliphatic carbocycles. The van der Waals surface area contributed by atoms with E-state index in [1.165, 1.54) is 7.11 Å². The molecule has 0 saturated carbocycles. The highest BCUT2D eigenvalue weighted by Gasteiger charge is 2.38. The first-order valence-electron chi connectivity index (χ1n) is 8.30. The van der Waals surface area contributed by atoms with Crippen molar-refractivity contribution in [2.75, 3.05) is 12.8 Å². The van der Waals surface area contributed by atoms with Crippen LogP contribution in [0.3, 0.4) is 0 Å². The van der Waals surface area contributed by atoms with Gasteiger partial charge in [-0.15, -0.1) is 0 Å². The number of hydrogen-bond donors (Lipinski definition) is 1. The van der Waals surface area contributed by atoms with E-state index in [9.17, 15) is 9.59 Å². The average Bonchev–Trinajstić information content (AvgIpc) is 2.91. The summed E-state index contributed by atoms with van der Waals surface area (Å²) in [6.07, 6.45) is 0. The Morgan fingerprint density at radius 3 is 2.36 bits per heavy atom. The van der Waals surface area contributed by atoms with Crippen LogP contribution in [0.1, 0.15) is 29.8 Å². The van der Waals surface area contributed by atoms with Crippen LogP contribution in [0.5, 0.6) is 0 Å². The van der Waals surface area contributed by atoms with Crippen molar-refractivity contribution in [3.05, 3.63) is 53.6 Å². The van der Waals surface area contributed by atoms with Gasteiger partial charge < -0.3 is 15.4 Å². The molecule has 1 heterocycles. The molecule has 2 N–H and O–H groups in total. The third kappa shape index (κ3) is 3.09. The van der Waals surface area contributed by atoms with Gasteiger partial charge in [0.25, 0.3) is 5.91 Å². The number of nitrogens with two attached hydrogens (primary N) is 1. The minimum absolute atomic E-state index is 0.0257. The fraction of sp³-hybridized carbons (Fsp3) is 0.300. The number of fused-ring (bicyclic) bond motifs is 1. The fourth-order valence-corrected chi connectivity index (χ4v) is 3.28. The van der Waals surface area contributed by atoms with Gasteiger partial charge in [0.2, 0.25) is 0 Å². The van der Waals surface area contributed by atoms with Crippen LogP contribution in [-0.2, 0) is 16.1 Å². The molecule has 1 aliphatic heterocycles. The van der Waals surface area contributed by atoms with Crippen molar-refractivity contribution in [1.82, 2.24) is 4.90 Å². The molecule has 3 rings (SSSR count). The maximum absolute atomic E-state index is 12.9. The van der Waals surface area contributed by atoms with Crippen LogP contribution in [0.2, 0.25) is 0 Å². The Morgan fingerprint density at radius 1 is 1.12 bits per heavy atom. The summed E-state index contributed by atoms with van der Waals surface area (Å²) in [5, 5.41) is 0. The lowest BCUT2D eigenvalue weighted by molar-refractivity contribution is -0.147. The largest absolute Gasteiger partial charge is 0.467 e. The second-order valence-corrected chi connectivity index (χ2v) is 6.64. The molecule has 1 atom stereocenters. The van der Waals surface area contributed by atoms with Gasteiger partial charge in [0.05, 0.1) is 7.11 Å². The lowest BCUT2D eigenvalue weighted by Gasteiger charge is -2.28. The molecule has 0 bridgehead atoms. The second-order valence-electron chi connectivity index (χ2n) is 6.64. The predicted molar refractivity (Wildman–Crippen MR) is 96.8 cm³/mol. The lowest BCUT2D eigenvalue weighted by Crippen LogP contribution is -2.45. The van der Waals surface area contributed by atoms with Gasteiger partial charge in [-0.05, 0) is 40.8 Å². The Bertz CT molecular complexity index is 812. The van der Waals surface area contributed by atoms with Crippen molar-refractivity contribution in [3.8, 4) is 11.1 Å². The van der Waals surface area contributed by atoms with Crippen LogP contribution >= 0.6 is 0 Å². The molecule has 0 fully saturated rings. The smallest absolute Gasteiger partial charge is 0.328 e. The zero-order valence-corrected chi connectivity index (χ0v) is 14.7. The molecule has 0 aromatic heterocycles. The van der Waals surface area contributed by atoms with E-state index in [-0.39, 0.29) is 17.8 Å². The SMILES string of the molecule is COC(=O)[C@H](C(C)C)N1Cc2ccc(-c3ccc(N)cc3)cc2C1=O. The van der Waals surface area contributed by atoms with Crippen molar-refractivity contribution in [2.45, 2.75) is 26.4 Å². The number of benzene rings is 2. The molecular weight excluding hydrogens is 316 g/mol. The van der Waals surface area contributed by atoms with Gasteiger partial charge >= 0.3 is 5.97 Å². The monoisotopic (exact) mass is 338 g/mol. The Kier molecular flexibility index (Phi) is 4.49. The van der Waals surface area contributed by atoms with E-state index < -0.39 is 6.04 Å². The number of nitrogens with zero attached hydrogens (tertiary/aromatic N) is 1. The minimum Gasteiger partial charge on any atom is -0.467 e. The van der Waals surface area contributed by atoms with Gasteiger partial charge in [-0.2, -0.15) is 0 Å². The zero-order chi connectivity index (χ0) is 18.1. The van der Waals surface area contributed by atoms with Crippen molar-refractivity contribution in [1.29, 1.82) is 0 Å². The third-order valence-electron chi connectivity index (χ3n) is 4.60. The molecule has 25 heavy (non-hydrogen) atoms. The molecule has 0 radical (unpaired) electrons. The van der Waals surface area contributed by atoms with E-state index in [0.717, 1.165) is 16.7 Å². The van der Waals surface area contributed by atoms with Crippen molar-refractivity contribution >= 4 is 17.6 Å². The van der Waals surface area contributed by atoms with E-state index in [0.29, 0.717) is 17.8 Å². The minimum atomic E-state index is -0.579. The number of carbonyl (C=O) groups is 2. The van der Waals surface area contributed by atoms with Crippen LogP contribution in [0.25, 0.3) is 11.1 Å². The first kappa shape index (κ1) is 17.0. The van der Waals surface area contributed by atoms with Gasteiger partial charge in [0, 0.05) is 17.8 Å². The molecule has 130 valence electrons. The quantitative estimate of drug-likeness (QED) is 0.687. The zero-order valence-electron chi connectivity index (χ0n) is 14.7.